The molecule has 1 aromatic carbocycles. The second kappa shape index (κ2) is 11.8. The number of carbonyl (C=O) groups is 1. The molecule has 0 radical (unpaired) electrons. The number of β-amino-alcohol motifs (C(OH)–C–C–N with tert-alkyl or cyclic N) is 1. The first-order valence-corrected chi connectivity index (χ1v) is 14.2. The molecule has 2 N–H and O–H groups in total. The minimum absolute atomic E-state index is 0.0317. The van der Waals surface area contributed by atoms with E-state index in [1.165, 1.54) is 4.57 Å². The van der Waals surface area contributed by atoms with Gasteiger partial charge in [0.2, 0.25) is 17.7 Å². The van der Waals surface area contributed by atoms with Crippen LogP contribution in [-0.2, 0) is 9.53 Å². The molecule has 11 nitrogen and oxygen atoms in total. The van der Waals surface area contributed by atoms with Crippen LogP contribution in [-0.4, -0.2) is 99.6 Å². The van der Waals surface area contributed by atoms with E-state index in [4.69, 9.17) is 9.47 Å². The lowest BCUT2D eigenvalue weighted by Gasteiger charge is -2.31. The highest BCUT2D eigenvalue weighted by Crippen LogP contribution is 2.31. The second-order valence-electron chi connectivity index (χ2n) is 11.0. The van der Waals surface area contributed by atoms with Crippen molar-refractivity contribution in [3.8, 4) is 11.7 Å². The van der Waals surface area contributed by atoms with Crippen molar-refractivity contribution >= 4 is 22.9 Å². The molecule has 1 amide bonds. The summed E-state index contributed by atoms with van der Waals surface area (Å²) in [6.45, 7) is 2.69. The molecular formula is C28H35F2N7O4. The molecule has 2 aliphatic heterocycles. The molecule has 3 aliphatic rings. The van der Waals surface area contributed by atoms with E-state index in [1.54, 1.807) is 30.3 Å². The number of hydrogen-bond donors (Lipinski definition) is 2. The Morgan fingerprint density at radius 1 is 1.12 bits per heavy atom. The van der Waals surface area contributed by atoms with Crippen LogP contribution in [0.15, 0.2) is 30.3 Å². The molecule has 2 atom stereocenters. The lowest BCUT2D eigenvalue weighted by molar-refractivity contribution is -0.126. The number of morpholine rings is 1. The maximum Gasteiger partial charge on any atom is 0.296 e. The first kappa shape index (κ1) is 27.7. The number of aliphatic hydroxyl groups is 1. The van der Waals surface area contributed by atoms with Crippen molar-refractivity contribution in [1.82, 2.24) is 29.7 Å². The number of aromatic nitrogens is 4. The first-order chi connectivity index (χ1) is 19.9. The van der Waals surface area contributed by atoms with Crippen LogP contribution in [0.25, 0.3) is 16.9 Å². The average molecular weight is 572 g/mol. The summed E-state index contributed by atoms with van der Waals surface area (Å²) in [5.41, 5.74) is 0.979. The maximum atomic E-state index is 14.1. The Morgan fingerprint density at radius 3 is 2.59 bits per heavy atom. The topological polar surface area (TPSA) is 118 Å². The molecule has 3 aromatic rings. The summed E-state index contributed by atoms with van der Waals surface area (Å²) in [5, 5.41) is 13.0. The van der Waals surface area contributed by atoms with Crippen molar-refractivity contribution < 1.29 is 28.2 Å². The zero-order valence-corrected chi connectivity index (χ0v) is 23.0. The van der Waals surface area contributed by atoms with Crippen LogP contribution in [0.2, 0.25) is 0 Å². The Hall–Kier alpha value is -3.42. The van der Waals surface area contributed by atoms with Gasteiger partial charge < -0.3 is 24.8 Å². The number of nitrogens with one attached hydrogen (secondary N) is 1. The van der Waals surface area contributed by atoms with E-state index in [-0.39, 0.29) is 35.7 Å². The van der Waals surface area contributed by atoms with Gasteiger partial charge >= 0.3 is 0 Å². The van der Waals surface area contributed by atoms with Gasteiger partial charge in [0.25, 0.3) is 6.43 Å². The van der Waals surface area contributed by atoms with Crippen molar-refractivity contribution in [1.29, 1.82) is 0 Å². The van der Waals surface area contributed by atoms with Crippen molar-refractivity contribution in [2.45, 2.75) is 62.8 Å². The van der Waals surface area contributed by atoms with E-state index >= 15 is 0 Å². The van der Waals surface area contributed by atoms with Crippen LogP contribution in [0.1, 0.15) is 44.4 Å². The molecule has 2 aromatic heterocycles. The molecule has 0 unspecified atom stereocenters. The van der Waals surface area contributed by atoms with Crippen molar-refractivity contribution in [3.63, 3.8) is 0 Å². The van der Waals surface area contributed by atoms with E-state index in [0.717, 1.165) is 12.8 Å². The number of halogens is 2. The van der Waals surface area contributed by atoms with Gasteiger partial charge in [-0.05, 0) is 51.3 Å². The third-order valence-electron chi connectivity index (χ3n) is 8.12. The number of imidazole rings is 1. The number of nitrogens with zero attached hydrogens (tertiary/aromatic N) is 6. The molecule has 1 saturated carbocycles. The zero-order chi connectivity index (χ0) is 28.5. The number of likely N-dealkylation sites (N-methyl/N-ethyl adjacent to an activating group) is 1. The third kappa shape index (κ3) is 5.97. The molecule has 2 saturated heterocycles. The Kier molecular flexibility index (Phi) is 8.00. The molecule has 220 valence electrons. The molecule has 13 heteroatoms. The van der Waals surface area contributed by atoms with Gasteiger partial charge in [0, 0.05) is 31.7 Å². The van der Waals surface area contributed by atoms with Gasteiger partial charge in [0.05, 0.1) is 36.4 Å². The zero-order valence-electron chi connectivity index (χ0n) is 23.0. The summed E-state index contributed by atoms with van der Waals surface area (Å²) in [7, 11) is 1.85. The van der Waals surface area contributed by atoms with E-state index in [1.807, 2.05) is 16.8 Å². The second-order valence-corrected chi connectivity index (χ2v) is 11.0. The molecule has 41 heavy (non-hydrogen) atoms. The van der Waals surface area contributed by atoms with Gasteiger partial charge in [0.15, 0.2) is 5.82 Å². The number of aliphatic hydroxyl groups excluding tert-OH is 1. The highest BCUT2D eigenvalue weighted by atomic mass is 19.3. The van der Waals surface area contributed by atoms with Crippen molar-refractivity contribution in [2.75, 3.05) is 44.8 Å². The number of rotatable bonds is 7. The number of carbonyl (C=O) groups excluding carboxylic acids is 1. The van der Waals surface area contributed by atoms with Crippen LogP contribution >= 0.6 is 0 Å². The molecule has 1 aliphatic carbocycles. The Labute approximate surface area is 236 Å². The van der Waals surface area contributed by atoms with Gasteiger partial charge in [-0.25, -0.2) is 13.8 Å². The molecule has 0 spiro atoms. The highest BCUT2D eigenvalue weighted by Gasteiger charge is 2.35. The number of likely N-dealkylation sites (tertiary alicyclic amines) is 1. The van der Waals surface area contributed by atoms with Crippen molar-refractivity contribution in [2.24, 2.45) is 0 Å². The lowest BCUT2D eigenvalue weighted by Crippen LogP contribution is -2.47. The molecule has 6 rings (SSSR count). The van der Waals surface area contributed by atoms with Crippen LogP contribution in [0, 0.1) is 0 Å². The normalized spacial score (nSPS) is 25.6. The largest absolute Gasteiger partial charge is 0.474 e. The average Bonchev–Trinajstić information content (AvgIpc) is 3.54. The third-order valence-corrected chi connectivity index (χ3v) is 8.12. The minimum atomic E-state index is -2.80. The Balaban J connectivity index is 1.21. The SMILES string of the molecule is CN1C[C@@H](O)C[C@H]1C(=O)NC1CCC(Oc2cc(-n3c(C(F)F)nc4ccccc43)nc(N3CCOCC3)n2)CC1. The van der Waals surface area contributed by atoms with E-state index in [9.17, 15) is 18.7 Å². The van der Waals surface area contributed by atoms with Crippen molar-refractivity contribution in [3.05, 3.63) is 36.2 Å². The maximum absolute atomic E-state index is 14.1. The van der Waals surface area contributed by atoms with Gasteiger partial charge in [-0.1, -0.05) is 12.1 Å². The highest BCUT2D eigenvalue weighted by molar-refractivity contribution is 5.82. The standard InChI is InChI=1S/C28H35F2N7O4/c1-35-16-18(38)14-22(35)27(39)31-17-6-8-19(9-7-17)41-24-15-23(33-28(34-24)36-10-12-40-13-11-36)37-21-5-3-2-4-20(21)32-26(37)25(29)30/h2-5,15,17-19,22,25,38H,6-14,16H2,1H3,(H,31,39)/t17?,18-,19?,22-/m0/s1. The molecule has 4 heterocycles. The minimum Gasteiger partial charge on any atom is -0.474 e. The number of ether oxygens (including phenoxy) is 2. The number of amides is 1. The Bertz CT molecular complexity index is 1370. The summed E-state index contributed by atoms with van der Waals surface area (Å²) < 4.78 is 41.4. The number of hydrogen-bond acceptors (Lipinski definition) is 9. The number of anilines is 1. The number of alkyl halides is 2. The number of fused-ring (bicyclic) bond motifs is 1. The van der Waals surface area contributed by atoms with E-state index < -0.39 is 12.5 Å². The van der Waals surface area contributed by atoms with Gasteiger partial charge in [0.1, 0.15) is 11.9 Å². The Morgan fingerprint density at radius 2 is 1.88 bits per heavy atom. The predicted molar refractivity (Wildman–Crippen MR) is 147 cm³/mol. The molecule has 3 fully saturated rings. The summed E-state index contributed by atoms with van der Waals surface area (Å²) >= 11 is 0. The quantitative estimate of drug-likeness (QED) is 0.441. The van der Waals surface area contributed by atoms with Crippen LogP contribution in [0.5, 0.6) is 5.88 Å². The molecule has 0 bridgehead atoms. The monoisotopic (exact) mass is 571 g/mol. The van der Waals surface area contributed by atoms with Crippen LogP contribution in [0.3, 0.4) is 0 Å². The van der Waals surface area contributed by atoms with Gasteiger partial charge in [-0.15, -0.1) is 0 Å². The van der Waals surface area contributed by atoms with Crippen LogP contribution < -0.4 is 15.0 Å². The predicted octanol–water partition coefficient (Wildman–Crippen LogP) is 2.46. The van der Waals surface area contributed by atoms with Gasteiger partial charge in [-0.3, -0.25) is 14.3 Å². The molecular weight excluding hydrogens is 536 g/mol. The fourth-order valence-corrected chi connectivity index (χ4v) is 5.98. The number of para-hydroxylation sites is 2. The van der Waals surface area contributed by atoms with Gasteiger partial charge in [-0.2, -0.15) is 9.97 Å². The lowest BCUT2D eigenvalue weighted by atomic mass is 9.92. The fraction of sp³-hybridized carbons (Fsp3) is 0.571. The van der Waals surface area contributed by atoms with Crippen LogP contribution in [0.4, 0.5) is 14.7 Å². The summed E-state index contributed by atoms with van der Waals surface area (Å²) in [4.78, 5) is 30.1. The smallest absolute Gasteiger partial charge is 0.296 e. The number of benzene rings is 1. The van der Waals surface area contributed by atoms with E-state index in [0.29, 0.717) is 75.0 Å². The van der Waals surface area contributed by atoms with E-state index in [2.05, 4.69) is 20.3 Å². The summed E-state index contributed by atoms with van der Waals surface area (Å²) in [5.74, 6) is 0.530. The summed E-state index contributed by atoms with van der Waals surface area (Å²) in [6, 6.07) is 8.30. The fourth-order valence-electron chi connectivity index (χ4n) is 5.98. The first-order valence-electron chi connectivity index (χ1n) is 14.2. The summed E-state index contributed by atoms with van der Waals surface area (Å²) in [6.07, 6.45) is -0.0806.